The molecule has 1 unspecified atom stereocenters. The summed E-state index contributed by atoms with van der Waals surface area (Å²) in [6.07, 6.45) is 0.693. The van der Waals surface area contributed by atoms with Gasteiger partial charge >= 0.3 is 5.97 Å². The molecule has 1 atom stereocenters. The number of methoxy groups -OCH3 is 1. The van der Waals surface area contributed by atoms with E-state index >= 15 is 0 Å². The molecule has 0 spiro atoms. The summed E-state index contributed by atoms with van der Waals surface area (Å²) in [7, 11) is 1.39. The average Bonchev–Trinajstić information content (AvgIpc) is 3.10. The van der Waals surface area contributed by atoms with Gasteiger partial charge in [0, 0.05) is 22.5 Å². The lowest BCUT2D eigenvalue weighted by Gasteiger charge is -2.14. The number of likely N-dealkylation sites (tertiary alicyclic amines) is 1. The lowest BCUT2D eigenvalue weighted by molar-refractivity contribution is -0.144. The minimum Gasteiger partial charge on any atom is -0.469 e. The second kappa shape index (κ2) is 4.94. The van der Waals surface area contributed by atoms with Crippen LogP contribution in [-0.2, 0) is 9.53 Å². The quantitative estimate of drug-likeness (QED) is 0.800. The van der Waals surface area contributed by atoms with Crippen LogP contribution in [0, 0.1) is 5.92 Å². The Hall–Kier alpha value is -1.40. The molecule has 0 bridgehead atoms. The van der Waals surface area contributed by atoms with E-state index in [1.54, 1.807) is 16.2 Å². The number of carbonyl (C=O) groups is 2. The van der Waals surface area contributed by atoms with Crippen LogP contribution in [-0.4, -0.2) is 37.0 Å². The Kier molecular flexibility index (Phi) is 3.28. The molecular formula is C13H13NO3S2. The summed E-state index contributed by atoms with van der Waals surface area (Å²) in [6.45, 7) is 1.10. The van der Waals surface area contributed by atoms with Crippen molar-refractivity contribution in [3.63, 3.8) is 0 Å². The summed E-state index contributed by atoms with van der Waals surface area (Å²) in [5.74, 6) is -0.364. The smallest absolute Gasteiger partial charge is 0.310 e. The largest absolute Gasteiger partial charge is 0.469 e. The van der Waals surface area contributed by atoms with Crippen molar-refractivity contribution >= 4 is 43.9 Å². The Labute approximate surface area is 118 Å². The highest BCUT2D eigenvalue weighted by molar-refractivity contribution is 7.27. The molecule has 0 saturated carbocycles. The van der Waals surface area contributed by atoms with Gasteiger partial charge in [0.25, 0.3) is 5.91 Å². The Bertz CT molecular complexity index is 602. The van der Waals surface area contributed by atoms with E-state index in [2.05, 4.69) is 0 Å². The van der Waals surface area contributed by atoms with E-state index in [9.17, 15) is 9.59 Å². The molecule has 6 heteroatoms. The fraction of sp³-hybridized carbons (Fsp3) is 0.385. The fourth-order valence-corrected chi connectivity index (χ4v) is 4.41. The Balaban J connectivity index is 1.74. The van der Waals surface area contributed by atoms with Gasteiger partial charge in [-0.2, -0.15) is 0 Å². The van der Waals surface area contributed by atoms with Gasteiger partial charge in [-0.25, -0.2) is 0 Å². The summed E-state index contributed by atoms with van der Waals surface area (Å²) in [5.41, 5.74) is 0. The van der Waals surface area contributed by atoms with Gasteiger partial charge in [-0.15, -0.1) is 22.7 Å². The second-order valence-corrected chi connectivity index (χ2v) is 6.55. The molecule has 0 N–H and O–H groups in total. The fourth-order valence-electron chi connectivity index (χ4n) is 2.33. The summed E-state index contributed by atoms with van der Waals surface area (Å²) < 4.78 is 7.03. The summed E-state index contributed by atoms with van der Waals surface area (Å²) in [5, 5.41) is 2.03. The van der Waals surface area contributed by atoms with E-state index < -0.39 is 0 Å². The number of thiophene rings is 2. The maximum Gasteiger partial charge on any atom is 0.310 e. The van der Waals surface area contributed by atoms with Crippen molar-refractivity contribution in [2.24, 2.45) is 5.92 Å². The highest BCUT2D eigenvalue weighted by Gasteiger charge is 2.32. The highest BCUT2D eigenvalue weighted by atomic mass is 32.1. The first-order valence-electron chi connectivity index (χ1n) is 6.03. The number of esters is 1. The van der Waals surface area contributed by atoms with Crippen LogP contribution < -0.4 is 0 Å². The number of fused-ring (bicyclic) bond motifs is 1. The van der Waals surface area contributed by atoms with E-state index in [0.29, 0.717) is 19.5 Å². The van der Waals surface area contributed by atoms with Gasteiger partial charge in [0.1, 0.15) is 0 Å². The standard InChI is InChI=1S/C13H13NO3S2/c1-17-13(16)8-2-4-14(7-8)12(15)11-6-10-9(19-11)3-5-18-10/h3,5-6,8H,2,4,7H2,1H3. The van der Waals surface area contributed by atoms with Gasteiger partial charge in [0.2, 0.25) is 0 Å². The van der Waals surface area contributed by atoms with Crippen LogP contribution in [0.2, 0.25) is 0 Å². The molecular weight excluding hydrogens is 282 g/mol. The Morgan fingerprint density at radius 3 is 3.00 bits per heavy atom. The number of rotatable bonds is 2. The zero-order chi connectivity index (χ0) is 13.4. The summed E-state index contributed by atoms with van der Waals surface area (Å²) >= 11 is 3.16. The zero-order valence-corrected chi connectivity index (χ0v) is 12.1. The molecule has 4 nitrogen and oxygen atoms in total. The summed E-state index contributed by atoms with van der Waals surface area (Å²) in [4.78, 5) is 26.3. The minimum absolute atomic E-state index is 0.0276. The van der Waals surface area contributed by atoms with E-state index in [-0.39, 0.29) is 17.8 Å². The number of hydrogen-bond donors (Lipinski definition) is 0. The lowest BCUT2D eigenvalue weighted by atomic mass is 10.1. The molecule has 0 radical (unpaired) electrons. The zero-order valence-electron chi connectivity index (χ0n) is 10.4. The van der Waals surface area contributed by atoms with E-state index in [1.165, 1.54) is 18.4 Å². The predicted octanol–water partition coefficient (Wildman–Crippen LogP) is 2.60. The van der Waals surface area contributed by atoms with Gasteiger partial charge in [0.05, 0.1) is 17.9 Å². The number of carbonyl (C=O) groups excluding carboxylic acids is 2. The van der Waals surface area contributed by atoms with Gasteiger partial charge in [-0.05, 0) is 23.9 Å². The maximum absolute atomic E-state index is 12.4. The Morgan fingerprint density at radius 2 is 2.26 bits per heavy atom. The van der Waals surface area contributed by atoms with Crippen molar-refractivity contribution in [3.05, 3.63) is 22.4 Å². The highest BCUT2D eigenvalue weighted by Crippen LogP contribution is 2.31. The third-order valence-electron chi connectivity index (χ3n) is 3.36. The van der Waals surface area contributed by atoms with Crippen LogP contribution in [0.1, 0.15) is 16.1 Å². The summed E-state index contributed by atoms with van der Waals surface area (Å²) in [6, 6.07) is 3.97. The molecule has 100 valence electrons. The molecule has 3 heterocycles. The van der Waals surface area contributed by atoms with Crippen LogP contribution in [0.15, 0.2) is 17.5 Å². The first-order chi connectivity index (χ1) is 9.19. The topological polar surface area (TPSA) is 46.6 Å². The SMILES string of the molecule is COC(=O)C1CCN(C(=O)c2cc3sccc3s2)C1. The normalized spacial score (nSPS) is 19.0. The third kappa shape index (κ3) is 2.26. The van der Waals surface area contributed by atoms with Gasteiger partial charge < -0.3 is 9.64 Å². The van der Waals surface area contributed by atoms with Crippen molar-refractivity contribution in [1.82, 2.24) is 4.90 Å². The second-order valence-electron chi connectivity index (χ2n) is 4.52. The maximum atomic E-state index is 12.4. The van der Waals surface area contributed by atoms with Crippen LogP contribution in [0.3, 0.4) is 0 Å². The van der Waals surface area contributed by atoms with Gasteiger partial charge in [0.15, 0.2) is 0 Å². The monoisotopic (exact) mass is 295 g/mol. The van der Waals surface area contributed by atoms with Crippen LogP contribution in [0.4, 0.5) is 0 Å². The van der Waals surface area contributed by atoms with E-state index in [4.69, 9.17) is 4.74 Å². The van der Waals surface area contributed by atoms with E-state index in [0.717, 1.165) is 14.3 Å². The van der Waals surface area contributed by atoms with Crippen molar-refractivity contribution in [1.29, 1.82) is 0 Å². The molecule has 0 aromatic carbocycles. The minimum atomic E-state index is -0.220. The number of ether oxygens (including phenoxy) is 1. The van der Waals surface area contributed by atoms with Crippen LogP contribution in [0.25, 0.3) is 9.40 Å². The average molecular weight is 295 g/mol. The van der Waals surface area contributed by atoms with Crippen molar-refractivity contribution < 1.29 is 14.3 Å². The van der Waals surface area contributed by atoms with Gasteiger partial charge in [-0.1, -0.05) is 0 Å². The number of hydrogen-bond acceptors (Lipinski definition) is 5. The van der Waals surface area contributed by atoms with Crippen molar-refractivity contribution in [2.45, 2.75) is 6.42 Å². The molecule has 1 aliphatic heterocycles. The third-order valence-corrected chi connectivity index (χ3v) is 5.44. The van der Waals surface area contributed by atoms with E-state index in [1.807, 2.05) is 17.5 Å². The number of nitrogens with zero attached hydrogens (tertiary/aromatic N) is 1. The molecule has 2 aromatic heterocycles. The number of amides is 1. The first-order valence-corrected chi connectivity index (χ1v) is 7.73. The molecule has 2 aromatic rings. The van der Waals surface area contributed by atoms with Crippen LogP contribution >= 0.6 is 22.7 Å². The van der Waals surface area contributed by atoms with Gasteiger partial charge in [-0.3, -0.25) is 9.59 Å². The molecule has 1 aliphatic rings. The van der Waals surface area contributed by atoms with Crippen LogP contribution in [0.5, 0.6) is 0 Å². The van der Waals surface area contributed by atoms with Crippen molar-refractivity contribution in [3.8, 4) is 0 Å². The lowest BCUT2D eigenvalue weighted by Crippen LogP contribution is -2.29. The molecule has 1 saturated heterocycles. The predicted molar refractivity (Wildman–Crippen MR) is 75.7 cm³/mol. The molecule has 1 fully saturated rings. The van der Waals surface area contributed by atoms with Crippen molar-refractivity contribution in [2.75, 3.05) is 20.2 Å². The molecule has 1 amide bonds. The Morgan fingerprint density at radius 1 is 1.42 bits per heavy atom. The first kappa shape index (κ1) is 12.6. The molecule has 3 rings (SSSR count). The molecule has 19 heavy (non-hydrogen) atoms. The molecule has 0 aliphatic carbocycles.